The number of anilines is 1. The highest BCUT2D eigenvalue weighted by molar-refractivity contribution is 5.83. The highest BCUT2D eigenvalue weighted by Gasteiger charge is 2.26. The molecule has 41 heavy (non-hydrogen) atoms. The van der Waals surface area contributed by atoms with Crippen molar-refractivity contribution in [2.24, 2.45) is 0 Å². The van der Waals surface area contributed by atoms with Crippen LogP contribution in [0.4, 0.5) is 5.82 Å². The molecule has 1 fully saturated rings. The van der Waals surface area contributed by atoms with Gasteiger partial charge in [-0.05, 0) is 23.8 Å². The molecule has 0 saturated carbocycles. The molecule has 5 aromatic rings. The molecular formula is C32H28N8O. The summed E-state index contributed by atoms with van der Waals surface area (Å²) in [5.41, 5.74) is 6.44. The molecule has 0 aliphatic carbocycles. The van der Waals surface area contributed by atoms with Crippen LogP contribution < -0.4 is 9.64 Å². The maximum absolute atomic E-state index is 9.11. The van der Waals surface area contributed by atoms with Crippen molar-refractivity contribution in [3.63, 3.8) is 0 Å². The first-order chi connectivity index (χ1) is 20.3. The Balaban J connectivity index is 1.13. The van der Waals surface area contributed by atoms with Gasteiger partial charge < -0.3 is 14.2 Å². The van der Waals surface area contributed by atoms with Crippen molar-refractivity contribution in [1.29, 1.82) is 5.26 Å². The number of fused-ring (bicyclic) bond motifs is 3. The second-order valence-corrected chi connectivity index (χ2v) is 10.2. The third-order valence-corrected chi connectivity index (χ3v) is 7.65. The van der Waals surface area contributed by atoms with Gasteiger partial charge in [-0.15, -0.1) is 0 Å². The molecule has 9 nitrogen and oxygen atoms in total. The smallest absolute Gasteiger partial charge is 0.234 e. The maximum atomic E-state index is 9.11. The van der Waals surface area contributed by atoms with Crippen LogP contribution in [0.2, 0.25) is 0 Å². The van der Waals surface area contributed by atoms with Gasteiger partial charge in [0.25, 0.3) is 0 Å². The average Bonchev–Trinajstić information content (AvgIpc) is 3.32. The zero-order valence-electron chi connectivity index (χ0n) is 22.5. The SMILES string of the molecule is N#Cc1nccc(N2CCN(Cc3ccc(-c4nc5n(c4-c4ccccc4)CCOc4ncccc4-5)cc3)CC2)n1. The number of aromatic nitrogens is 5. The fourth-order valence-electron chi connectivity index (χ4n) is 5.62. The third kappa shape index (κ3) is 4.90. The van der Waals surface area contributed by atoms with Crippen LogP contribution in [0.5, 0.6) is 5.88 Å². The van der Waals surface area contributed by atoms with Crippen molar-refractivity contribution in [1.82, 2.24) is 29.4 Å². The van der Waals surface area contributed by atoms with Crippen molar-refractivity contribution in [3.8, 4) is 45.9 Å². The van der Waals surface area contributed by atoms with Gasteiger partial charge in [-0.3, -0.25) is 4.90 Å². The van der Waals surface area contributed by atoms with Gasteiger partial charge in [0.1, 0.15) is 24.3 Å². The molecule has 2 aromatic carbocycles. The molecule has 0 bridgehead atoms. The molecule has 2 aliphatic heterocycles. The summed E-state index contributed by atoms with van der Waals surface area (Å²) in [7, 11) is 0. The minimum absolute atomic E-state index is 0.212. The van der Waals surface area contributed by atoms with E-state index in [0.717, 1.165) is 72.4 Å². The number of imidazole rings is 1. The normalized spacial score (nSPS) is 14.9. The van der Waals surface area contributed by atoms with Gasteiger partial charge >= 0.3 is 0 Å². The number of ether oxygens (including phenoxy) is 1. The molecule has 1 saturated heterocycles. The molecule has 9 heteroatoms. The summed E-state index contributed by atoms with van der Waals surface area (Å²) in [6, 6.07) is 27.1. The number of nitrogens with zero attached hydrogens (tertiary/aromatic N) is 8. The minimum atomic E-state index is 0.212. The molecule has 3 aromatic heterocycles. The van der Waals surface area contributed by atoms with E-state index in [-0.39, 0.29) is 5.82 Å². The molecule has 0 amide bonds. The van der Waals surface area contributed by atoms with E-state index >= 15 is 0 Å². The van der Waals surface area contributed by atoms with Crippen LogP contribution in [0.25, 0.3) is 33.9 Å². The number of hydrogen-bond donors (Lipinski definition) is 0. The van der Waals surface area contributed by atoms with Crippen LogP contribution in [-0.4, -0.2) is 62.2 Å². The molecule has 202 valence electrons. The fourth-order valence-corrected chi connectivity index (χ4v) is 5.62. The molecule has 2 aliphatic rings. The lowest BCUT2D eigenvalue weighted by molar-refractivity contribution is 0.249. The van der Waals surface area contributed by atoms with E-state index in [1.807, 2.05) is 30.3 Å². The Morgan fingerprint density at radius 1 is 0.780 bits per heavy atom. The number of nitriles is 1. The standard InChI is InChI=1S/C32H28N8O/c33-21-27-34-14-12-28(36-27)39-17-15-38(16-18-39)22-23-8-10-24(11-9-23)29-30(25-5-2-1-3-6-25)40-19-20-41-32-26(31(40)37-29)7-4-13-35-32/h1-14H,15-20,22H2. The van der Waals surface area contributed by atoms with E-state index in [1.165, 1.54) is 5.56 Å². The first-order valence-corrected chi connectivity index (χ1v) is 13.8. The number of piperazine rings is 1. The van der Waals surface area contributed by atoms with Crippen molar-refractivity contribution in [3.05, 3.63) is 96.6 Å². The van der Waals surface area contributed by atoms with Crippen molar-refractivity contribution >= 4 is 5.82 Å². The predicted octanol–water partition coefficient (Wildman–Crippen LogP) is 4.66. The van der Waals surface area contributed by atoms with E-state index in [9.17, 15) is 0 Å². The van der Waals surface area contributed by atoms with Crippen molar-refractivity contribution < 1.29 is 4.74 Å². The lowest BCUT2D eigenvalue weighted by Crippen LogP contribution is -2.46. The molecule has 0 spiro atoms. The largest absolute Gasteiger partial charge is 0.475 e. The fraction of sp³-hybridized carbons (Fsp3) is 0.219. The van der Waals surface area contributed by atoms with Crippen LogP contribution in [0.1, 0.15) is 11.4 Å². The van der Waals surface area contributed by atoms with Crippen molar-refractivity contribution in [2.45, 2.75) is 13.1 Å². The summed E-state index contributed by atoms with van der Waals surface area (Å²) in [6.07, 6.45) is 3.41. The highest BCUT2D eigenvalue weighted by atomic mass is 16.5. The van der Waals surface area contributed by atoms with Crippen molar-refractivity contribution in [2.75, 3.05) is 37.7 Å². The Hall–Kier alpha value is -5.07. The molecule has 7 rings (SSSR count). The van der Waals surface area contributed by atoms with Crippen LogP contribution in [0.15, 0.2) is 85.2 Å². The van der Waals surface area contributed by atoms with Crippen LogP contribution >= 0.6 is 0 Å². The summed E-state index contributed by atoms with van der Waals surface area (Å²) in [4.78, 5) is 22.7. The van der Waals surface area contributed by atoms with Crippen LogP contribution in [0, 0.1) is 11.3 Å². The Bertz CT molecular complexity index is 1720. The molecule has 0 N–H and O–H groups in total. The monoisotopic (exact) mass is 540 g/mol. The molecule has 0 radical (unpaired) electrons. The van der Waals surface area contributed by atoms with Gasteiger partial charge in [-0.1, -0.05) is 54.6 Å². The maximum Gasteiger partial charge on any atom is 0.234 e. The van der Waals surface area contributed by atoms with Gasteiger partial charge in [-0.2, -0.15) is 5.26 Å². The summed E-state index contributed by atoms with van der Waals surface area (Å²) in [6.45, 7) is 5.68. The second-order valence-electron chi connectivity index (χ2n) is 10.2. The van der Waals surface area contributed by atoms with Gasteiger partial charge in [0.15, 0.2) is 0 Å². The quantitative estimate of drug-likeness (QED) is 0.318. The Kier molecular flexibility index (Phi) is 6.59. The first-order valence-electron chi connectivity index (χ1n) is 13.8. The Morgan fingerprint density at radius 3 is 2.41 bits per heavy atom. The predicted molar refractivity (Wildman–Crippen MR) is 156 cm³/mol. The summed E-state index contributed by atoms with van der Waals surface area (Å²) < 4.78 is 8.22. The van der Waals surface area contributed by atoms with Crippen LogP contribution in [-0.2, 0) is 13.1 Å². The van der Waals surface area contributed by atoms with Crippen LogP contribution in [0.3, 0.4) is 0 Å². The van der Waals surface area contributed by atoms with Gasteiger partial charge in [-0.25, -0.2) is 19.9 Å². The number of pyridine rings is 1. The molecular weight excluding hydrogens is 512 g/mol. The highest BCUT2D eigenvalue weighted by Crippen LogP contribution is 2.39. The lowest BCUT2D eigenvalue weighted by atomic mass is 10.0. The zero-order chi connectivity index (χ0) is 27.6. The average molecular weight is 541 g/mol. The third-order valence-electron chi connectivity index (χ3n) is 7.65. The lowest BCUT2D eigenvalue weighted by Gasteiger charge is -2.35. The Morgan fingerprint density at radius 2 is 1.61 bits per heavy atom. The summed E-state index contributed by atoms with van der Waals surface area (Å²) >= 11 is 0. The summed E-state index contributed by atoms with van der Waals surface area (Å²) in [5.74, 6) is 2.54. The molecule has 0 atom stereocenters. The van der Waals surface area contributed by atoms with E-state index in [1.54, 1.807) is 12.4 Å². The number of rotatable bonds is 5. The van der Waals surface area contributed by atoms with E-state index in [0.29, 0.717) is 19.0 Å². The number of hydrogen-bond acceptors (Lipinski definition) is 8. The zero-order valence-corrected chi connectivity index (χ0v) is 22.5. The molecule has 0 unspecified atom stereocenters. The molecule has 5 heterocycles. The van der Waals surface area contributed by atoms with E-state index in [2.05, 4.69) is 77.8 Å². The van der Waals surface area contributed by atoms with Gasteiger partial charge in [0.05, 0.1) is 23.5 Å². The first kappa shape index (κ1) is 24.9. The van der Waals surface area contributed by atoms with E-state index < -0.39 is 0 Å². The second kappa shape index (κ2) is 10.8. The Labute approximate surface area is 238 Å². The van der Waals surface area contributed by atoms with E-state index in [4.69, 9.17) is 15.0 Å². The van der Waals surface area contributed by atoms with Gasteiger partial charge in [0.2, 0.25) is 11.7 Å². The summed E-state index contributed by atoms with van der Waals surface area (Å²) in [5, 5.41) is 9.11. The van der Waals surface area contributed by atoms with Gasteiger partial charge in [0, 0.05) is 56.2 Å². The topological polar surface area (TPSA) is 96.0 Å². The number of benzene rings is 2. The minimum Gasteiger partial charge on any atom is -0.475 e.